The Labute approximate surface area is 165 Å². The maximum atomic E-state index is 12.0. The van der Waals surface area contributed by atoms with Crippen LogP contribution in [-0.4, -0.2) is 31.7 Å². The summed E-state index contributed by atoms with van der Waals surface area (Å²) in [5.41, 5.74) is 3.36. The van der Waals surface area contributed by atoms with Gasteiger partial charge in [0.25, 0.3) is 5.91 Å². The van der Waals surface area contributed by atoms with Gasteiger partial charge in [0.05, 0.1) is 12.6 Å². The van der Waals surface area contributed by atoms with Crippen LogP contribution in [0.25, 0.3) is 0 Å². The van der Waals surface area contributed by atoms with Gasteiger partial charge in [0.15, 0.2) is 13.2 Å². The average Bonchev–Trinajstić information content (AvgIpc) is 2.68. The zero-order chi connectivity index (χ0) is 20.5. The van der Waals surface area contributed by atoms with Crippen molar-refractivity contribution in [3.05, 3.63) is 59.2 Å². The molecule has 1 atom stereocenters. The predicted octanol–water partition coefficient (Wildman–Crippen LogP) is 3.50. The molecule has 1 N–H and O–H groups in total. The number of rotatable bonds is 9. The van der Waals surface area contributed by atoms with E-state index in [-0.39, 0.29) is 25.2 Å². The SMILES string of the molecule is CCOc1ccc(OCC(=O)OCC(=O)N[C@@H](C)c2ccc(C)c(C)c2)cc1. The van der Waals surface area contributed by atoms with Crippen LogP contribution in [0.1, 0.15) is 36.6 Å². The molecule has 0 fully saturated rings. The van der Waals surface area contributed by atoms with Crippen LogP contribution < -0.4 is 14.8 Å². The van der Waals surface area contributed by atoms with Gasteiger partial charge in [-0.05, 0) is 68.7 Å². The summed E-state index contributed by atoms with van der Waals surface area (Å²) in [5.74, 6) is 0.281. The Kier molecular flexibility index (Phi) is 7.87. The molecule has 0 aliphatic heterocycles. The summed E-state index contributed by atoms with van der Waals surface area (Å²) in [4.78, 5) is 23.8. The number of hydrogen-bond acceptors (Lipinski definition) is 5. The second-order valence-electron chi connectivity index (χ2n) is 6.49. The Balaban J connectivity index is 1.72. The van der Waals surface area contributed by atoms with Crippen molar-refractivity contribution in [1.29, 1.82) is 0 Å². The third-order valence-electron chi connectivity index (χ3n) is 4.26. The topological polar surface area (TPSA) is 73.9 Å². The molecule has 6 heteroatoms. The van der Waals surface area contributed by atoms with Gasteiger partial charge < -0.3 is 19.5 Å². The summed E-state index contributed by atoms with van der Waals surface area (Å²) < 4.78 is 15.6. The molecular formula is C22H27NO5. The Morgan fingerprint density at radius 3 is 2.18 bits per heavy atom. The summed E-state index contributed by atoms with van der Waals surface area (Å²) in [6.07, 6.45) is 0. The maximum absolute atomic E-state index is 12.0. The Morgan fingerprint density at radius 1 is 0.929 bits per heavy atom. The number of ether oxygens (including phenoxy) is 3. The predicted molar refractivity (Wildman–Crippen MR) is 107 cm³/mol. The summed E-state index contributed by atoms with van der Waals surface area (Å²) in [7, 11) is 0. The smallest absolute Gasteiger partial charge is 0.344 e. The molecule has 0 radical (unpaired) electrons. The second kappa shape index (κ2) is 10.3. The first-order chi connectivity index (χ1) is 13.4. The van der Waals surface area contributed by atoms with Crippen molar-refractivity contribution in [1.82, 2.24) is 5.32 Å². The van der Waals surface area contributed by atoms with Gasteiger partial charge in [0.2, 0.25) is 0 Å². The van der Waals surface area contributed by atoms with Crippen molar-refractivity contribution in [3.8, 4) is 11.5 Å². The minimum Gasteiger partial charge on any atom is -0.494 e. The van der Waals surface area contributed by atoms with Crippen LogP contribution >= 0.6 is 0 Å². The van der Waals surface area contributed by atoms with Gasteiger partial charge in [-0.2, -0.15) is 0 Å². The number of aryl methyl sites for hydroxylation is 2. The molecule has 6 nitrogen and oxygen atoms in total. The van der Waals surface area contributed by atoms with Crippen molar-refractivity contribution in [2.75, 3.05) is 19.8 Å². The summed E-state index contributed by atoms with van der Waals surface area (Å²) in [6, 6.07) is 12.8. The first-order valence-electron chi connectivity index (χ1n) is 9.26. The van der Waals surface area contributed by atoms with Gasteiger partial charge in [0.1, 0.15) is 11.5 Å². The molecule has 0 aliphatic carbocycles. The van der Waals surface area contributed by atoms with Crippen molar-refractivity contribution in [3.63, 3.8) is 0 Å². The molecule has 0 spiro atoms. The number of hydrogen-bond donors (Lipinski definition) is 1. The van der Waals surface area contributed by atoms with Crippen molar-refractivity contribution in [2.24, 2.45) is 0 Å². The standard InChI is InChI=1S/C22H27NO5/c1-5-26-19-8-10-20(11-9-19)27-14-22(25)28-13-21(24)23-17(4)18-7-6-15(2)16(3)12-18/h6-12,17H,5,13-14H2,1-4H3,(H,23,24)/t17-/m0/s1. The van der Waals surface area contributed by atoms with Crippen molar-refractivity contribution >= 4 is 11.9 Å². The number of benzene rings is 2. The van der Waals surface area contributed by atoms with E-state index in [0.717, 1.165) is 16.9 Å². The van der Waals surface area contributed by atoms with E-state index >= 15 is 0 Å². The fourth-order valence-corrected chi connectivity index (χ4v) is 2.53. The minimum atomic E-state index is -0.608. The third-order valence-corrected chi connectivity index (χ3v) is 4.26. The monoisotopic (exact) mass is 385 g/mol. The molecule has 0 heterocycles. The zero-order valence-corrected chi connectivity index (χ0v) is 16.8. The van der Waals surface area contributed by atoms with Crippen LogP contribution in [0.2, 0.25) is 0 Å². The van der Waals surface area contributed by atoms with E-state index in [1.807, 2.05) is 45.9 Å². The average molecular weight is 385 g/mol. The summed E-state index contributed by atoms with van der Waals surface area (Å²) >= 11 is 0. The molecule has 28 heavy (non-hydrogen) atoms. The highest BCUT2D eigenvalue weighted by Crippen LogP contribution is 2.18. The van der Waals surface area contributed by atoms with Gasteiger partial charge in [-0.3, -0.25) is 4.79 Å². The van der Waals surface area contributed by atoms with E-state index in [1.54, 1.807) is 24.3 Å². The highest BCUT2D eigenvalue weighted by Gasteiger charge is 2.13. The molecule has 0 unspecified atom stereocenters. The molecule has 0 aromatic heterocycles. The lowest BCUT2D eigenvalue weighted by Gasteiger charge is -2.16. The molecule has 2 aromatic carbocycles. The third kappa shape index (κ3) is 6.61. The molecular weight excluding hydrogens is 358 g/mol. The number of amides is 1. The van der Waals surface area contributed by atoms with E-state index in [4.69, 9.17) is 14.2 Å². The van der Waals surface area contributed by atoms with E-state index < -0.39 is 5.97 Å². The van der Waals surface area contributed by atoms with Crippen LogP contribution in [-0.2, 0) is 14.3 Å². The number of carbonyl (C=O) groups is 2. The molecule has 1 amide bonds. The molecule has 0 saturated heterocycles. The van der Waals surface area contributed by atoms with Gasteiger partial charge >= 0.3 is 5.97 Å². The van der Waals surface area contributed by atoms with Crippen LogP contribution in [0.4, 0.5) is 0 Å². The van der Waals surface area contributed by atoms with E-state index in [9.17, 15) is 9.59 Å². The van der Waals surface area contributed by atoms with Crippen LogP contribution in [0.5, 0.6) is 11.5 Å². The number of nitrogens with one attached hydrogen (secondary N) is 1. The summed E-state index contributed by atoms with van der Waals surface area (Å²) in [5, 5.41) is 2.82. The number of carbonyl (C=O) groups excluding carboxylic acids is 2. The lowest BCUT2D eigenvalue weighted by Crippen LogP contribution is -2.32. The first kappa shape index (κ1) is 21.3. The van der Waals surface area contributed by atoms with E-state index in [0.29, 0.717) is 12.4 Å². The van der Waals surface area contributed by atoms with Crippen LogP contribution in [0, 0.1) is 13.8 Å². The maximum Gasteiger partial charge on any atom is 0.344 e. The quantitative estimate of drug-likeness (QED) is 0.669. The van der Waals surface area contributed by atoms with Crippen molar-refractivity contribution < 1.29 is 23.8 Å². The van der Waals surface area contributed by atoms with Gasteiger partial charge in [0, 0.05) is 0 Å². The molecule has 2 rings (SSSR count). The van der Waals surface area contributed by atoms with E-state index in [1.165, 1.54) is 5.56 Å². The number of esters is 1. The molecule has 150 valence electrons. The molecule has 0 bridgehead atoms. The Hall–Kier alpha value is -3.02. The molecule has 0 saturated carbocycles. The summed E-state index contributed by atoms with van der Waals surface area (Å²) in [6.45, 7) is 7.82. The molecule has 0 aliphatic rings. The van der Waals surface area contributed by atoms with Gasteiger partial charge in [-0.1, -0.05) is 18.2 Å². The molecule has 2 aromatic rings. The first-order valence-corrected chi connectivity index (χ1v) is 9.26. The normalized spacial score (nSPS) is 11.4. The highest BCUT2D eigenvalue weighted by atomic mass is 16.6. The van der Waals surface area contributed by atoms with E-state index in [2.05, 4.69) is 5.32 Å². The zero-order valence-electron chi connectivity index (χ0n) is 16.8. The Bertz CT molecular complexity index is 801. The Morgan fingerprint density at radius 2 is 1.57 bits per heavy atom. The minimum absolute atomic E-state index is 0.175. The van der Waals surface area contributed by atoms with Crippen molar-refractivity contribution in [2.45, 2.75) is 33.7 Å². The fourth-order valence-electron chi connectivity index (χ4n) is 2.53. The lowest BCUT2D eigenvalue weighted by molar-refractivity contribution is -0.150. The van der Waals surface area contributed by atoms with Crippen LogP contribution in [0.15, 0.2) is 42.5 Å². The van der Waals surface area contributed by atoms with Gasteiger partial charge in [-0.15, -0.1) is 0 Å². The largest absolute Gasteiger partial charge is 0.494 e. The van der Waals surface area contributed by atoms with Crippen LogP contribution in [0.3, 0.4) is 0 Å². The lowest BCUT2D eigenvalue weighted by atomic mass is 10.0. The van der Waals surface area contributed by atoms with Gasteiger partial charge in [-0.25, -0.2) is 4.79 Å². The second-order valence-corrected chi connectivity index (χ2v) is 6.49. The fraction of sp³-hybridized carbons (Fsp3) is 0.364. The highest BCUT2D eigenvalue weighted by molar-refractivity contribution is 5.81.